The summed E-state index contributed by atoms with van der Waals surface area (Å²) >= 11 is 1.51. The number of fused-ring (bicyclic) bond motifs is 1. The van der Waals surface area contributed by atoms with E-state index in [1.54, 1.807) is 0 Å². The summed E-state index contributed by atoms with van der Waals surface area (Å²) in [5.74, 6) is 0.694. The second kappa shape index (κ2) is 8.45. The zero-order valence-corrected chi connectivity index (χ0v) is 17.4. The number of imidazole rings is 1. The lowest BCUT2D eigenvalue weighted by atomic mass is 10.2. The Kier molecular flexibility index (Phi) is 5.21. The third kappa shape index (κ3) is 4.34. The van der Waals surface area contributed by atoms with Crippen LogP contribution in [0.2, 0.25) is 0 Å². The van der Waals surface area contributed by atoms with E-state index >= 15 is 0 Å². The third-order valence-electron chi connectivity index (χ3n) is 5.02. The number of nitrogens with one attached hydrogen (secondary N) is 3. The Hall–Kier alpha value is -3.90. The van der Waals surface area contributed by atoms with Gasteiger partial charge < -0.3 is 15.6 Å². The summed E-state index contributed by atoms with van der Waals surface area (Å²) < 4.78 is 0. The van der Waals surface area contributed by atoms with E-state index in [0.717, 1.165) is 40.3 Å². The van der Waals surface area contributed by atoms with Gasteiger partial charge in [0.2, 0.25) is 0 Å². The molecule has 3 aromatic carbocycles. The number of carbonyl (C=O) groups excluding carboxylic acids is 1. The molecule has 5 rings (SSSR count). The van der Waals surface area contributed by atoms with E-state index < -0.39 is 0 Å². The smallest absolute Gasteiger partial charge is 0.256 e. The molecule has 31 heavy (non-hydrogen) atoms. The molecule has 6 heteroatoms. The first kappa shape index (κ1) is 19.1. The van der Waals surface area contributed by atoms with Crippen LogP contribution in [0, 0.1) is 0 Å². The number of rotatable bonds is 6. The molecule has 0 radical (unpaired) electrons. The van der Waals surface area contributed by atoms with Gasteiger partial charge >= 0.3 is 0 Å². The summed E-state index contributed by atoms with van der Waals surface area (Å²) in [6.07, 6.45) is 0. The summed E-state index contributed by atoms with van der Waals surface area (Å²) in [7, 11) is 0. The maximum absolute atomic E-state index is 12.2. The summed E-state index contributed by atoms with van der Waals surface area (Å²) in [6.45, 7) is 0.770. The topological polar surface area (TPSA) is 69.8 Å². The number of H-pyrrole nitrogens is 1. The van der Waals surface area contributed by atoms with Gasteiger partial charge in [0.1, 0.15) is 5.82 Å². The van der Waals surface area contributed by atoms with Crippen molar-refractivity contribution in [1.29, 1.82) is 0 Å². The van der Waals surface area contributed by atoms with E-state index in [4.69, 9.17) is 4.98 Å². The van der Waals surface area contributed by atoms with Crippen LogP contribution < -0.4 is 10.6 Å². The van der Waals surface area contributed by atoms with E-state index in [-0.39, 0.29) is 5.91 Å². The molecule has 0 saturated carbocycles. The number of aromatic nitrogens is 2. The Morgan fingerprint density at radius 3 is 2.52 bits per heavy atom. The normalized spacial score (nSPS) is 10.8. The van der Waals surface area contributed by atoms with Crippen molar-refractivity contribution in [3.05, 3.63) is 101 Å². The zero-order valence-electron chi connectivity index (χ0n) is 16.6. The monoisotopic (exact) mass is 424 g/mol. The second-order valence-electron chi connectivity index (χ2n) is 7.20. The molecule has 0 saturated heterocycles. The molecule has 0 atom stereocenters. The molecule has 5 nitrogen and oxygen atoms in total. The van der Waals surface area contributed by atoms with Crippen LogP contribution in [0.25, 0.3) is 22.4 Å². The highest BCUT2D eigenvalue weighted by atomic mass is 32.1. The average molecular weight is 425 g/mol. The highest BCUT2D eigenvalue weighted by Gasteiger charge is 2.09. The Morgan fingerprint density at radius 2 is 1.74 bits per heavy atom. The highest BCUT2D eigenvalue weighted by Crippen LogP contribution is 2.24. The van der Waals surface area contributed by atoms with Crippen LogP contribution >= 0.6 is 11.3 Å². The maximum atomic E-state index is 12.2. The van der Waals surface area contributed by atoms with Crippen LogP contribution in [0.1, 0.15) is 15.9 Å². The average Bonchev–Trinajstić information content (AvgIpc) is 3.49. The largest absolute Gasteiger partial charge is 0.381 e. The SMILES string of the molecule is O=C(Nc1ccc(-c2nc3ccc(NCc4ccccc4)cc3[nH]2)cc1)c1ccsc1. The number of carbonyl (C=O) groups is 1. The van der Waals surface area contributed by atoms with Crippen LogP contribution in [0.15, 0.2) is 89.6 Å². The molecule has 1 amide bonds. The van der Waals surface area contributed by atoms with Crippen LogP contribution in [0.4, 0.5) is 11.4 Å². The Balaban J connectivity index is 1.30. The first-order valence-electron chi connectivity index (χ1n) is 9.96. The van der Waals surface area contributed by atoms with Crippen molar-refractivity contribution in [3.63, 3.8) is 0 Å². The quantitative estimate of drug-likeness (QED) is 0.306. The fourth-order valence-electron chi connectivity index (χ4n) is 3.36. The molecular weight excluding hydrogens is 404 g/mol. The first-order valence-corrected chi connectivity index (χ1v) is 10.9. The minimum absolute atomic E-state index is 0.103. The van der Waals surface area contributed by atoms with Crippen molar-refractivity contribution in [2.75, 3.05) is 10.6 Å². The van der Waals surface area contributed by atoms with Crippen LogP contribution in [0.5, 0.6) is 0 Å². The highest BCUT2D eigenvalue weighted by molar-refractivity contribution is 7.08. The molecule has 2 aromatic heterocycles. The lowest BCUT2D eigenvalue weighted by molar-refractivity contribution is 0.102. The predicted molar refractivity (Wildman–Crippen MR) is 128 cm³/mol. The van der Waals surface area contributed by atoms with Crippen molar-refractivity contribution in [1.82, 2.24) is 9.97 Å². The summed E-state index contributed by atoms with van der Waals surface area (Å²) in [5, 5.41) is 10.1. The summed E-state index contributed by atoms with van der Waals surface area (Å²) in [6, 6.07) is 25.9. The van der Waals surface area contributed by atoms with Gasteiger partial charge in [-0.05, 0) is 59.5 Å². The number of aromatic amines is 1. The van der Waals surface area contributed by atoms with Crippen molar-refractivity contribution >= 4 is 39.7 Å². The van der Waals surface area contributed by atoms with Crippen molar-refractivity contribution in [2.24, 2.45) is 0 Å². The Bertz CT molecular complexity index is 1310. The fourth-order valence-corrected chi connectivity index (χ4v) is 4.00. The predicted octanol–water partition coefficient (Wildman–Crippen LogP) is 6.16. The molecule has 3 N–H and O–H groups in total. The number of nitrogens with zero attached hydrogens (tertiary/aromatic N) is 1. The lowest BCUT2D eigenvalue weighted by Crippen LogP contribution is -2.10. The number of benzene rings is 3. The minimum Gasteiger partial charge on any atom is -0.381 e. The van der Waals surface area contributed by atoms with Gasteiger partial charge in [-0.25, -0.2) is 4.98 Å². The standard InChI is InChI=1S/C25H20N4OS/c30-25(19-12-13-31-16-19)27-20-8-6-18(7-9-20)24-28-22-11-10-21(14-23(22)29-24)26-15-17-4-2-1-3-5-17/h1-14,16,26H,15H2,(H,27,30)(H,28,29). The molecule has 0 fully saturated rings. The Morgan fingerprint density at radius 1 is 0.935 bits per heavy atom. The van der Waals surface area contributed by atoms with E-state index in [1.165, 1.54) is 16.9 Å². The molecule has 0 unspecified atom stereocenters. The molecule has 0 aliphatic carbocycles. The van der Waals surface area contributed by atoms with Gasteiger partial charge in [0.25, 0.3) is 5.91 Å². The van der Waals surface area contributed by atoms with Gasteiger partial charge in [-0.2, -0.15) is 11.3 Å². The van der Waals surface area contributed by atoms with Gasteiger partial charge in [-0.3, -0.25) is 4.79 Å². The molecule has 0 spiro atoms. The van der Waals surface area contributed by atoms with Crippen molar-refractivity contribution in [2.45, 2.75) is 6.54 Å². The van der Waals surface area contributed by atoms with Gasteiger partial charge in [-0.1, -0.05) is 30.3 Å². The van der Waals surface area contributed by atoms with Gasteiger partial charge in [0, 0.05) is 28.9 Å². The van der Waals surface area contributed by atoms with Crippen molar-refractivity contribution < 1.29 is 4.79 Å². The summed E-state index contributed by atoms with van der Waals surface area (Å²) in [5.41, 5.74) is 6.55. The molecule has 5 aromatic rings. The number of amides is 1. The fraction of sp³-hybridized carbons (Fsp3) is 0.0400. The second-order valence-corrected chi connectivity index (χ2v) is 7.98. The minimum atomic E-state index is -0.103. The maximum Gasteiger partial charge on any atom is 0.256 e. The van der Waals surface area contributed by atoms with Crippen molar-refractivity contribution in [3.8, 4) is 11.4 Å². The van der Waals surface area contributed by atoms with Crippen LogP contribution in [-0.4, -0.2) is 15.9 Å². The number of hydrogen-bond acceptors (Lipinski definition) is 4. The third-order valence-corrected chi connectivity index (χ3v) is 5.70. The Labute approximate surface area is 183 Å². The molecule has 152 valence electrons. The van der Waals surface area contributed by atoms with Crippen LogP contribution in [-0.2, 0) is 6.54 Å². The van der Waals surface area contributed by atoms with E-state index in [2.05, 4.69) is 33.8 Å². The lowest BCUT2D eigenvalue weighted by Gasteiger charge is -2.06. The number of thiophene rings is 1. The zero-order chi connectivity index (χ0) is 21.0. The molecular formula is C25H20N4OS. The molecule has 2 heterocycles. The van der Waals surface area contributed by atoms with E-state index in [0.29, 0.717) is 5.56 Å². The first-order chi connectivity index (χ1) is 15.2. The van der Waals surface area contributed by atoms with E-state index in [9.17, 15) is 4.79 Å². The molecule has 0 bridgehead atoms. The van der Waals surface area contributed by atoms with Crippen LogP contribution in [0.3, 0.4) is 0 Å². The number of hydrogen-bond donors (Lipinski definition) is 3. The summed E-state index contributed by atoms with van der Waals surface area (Å²) in [4.78, 5) is 20.3. The van der Waals surface area contributed by atoms with Gasteiger partial charge in [-0.15, -0.1) is 0 Å². The van der Waals surface area contributed by atoms with Gasteiger partial charge in [0.05, 0.1) is 16.6 Å². The molecule has 0 aliphatic rings. The molecule has 0 aliphatic heterocycles. The van der Waals surface area contributed by atoms with Gasteiger partial charge in [0.15, 0.2) is 0 Å². The number of anilines is 2. The van der Waals surface area contributed by atoms with E-state index in [1.807, 2.05) is 71.4 Å².